The van der Waals surface area contributed by atoms with Crippen molar-refractivity contribution in [3.8, 4) is 0 Å². The van der Waals surface area contributed by atoms with Crippen molar-refractivity contribution in [3.05, 3.63) is 52.8 Å². The van der Waals surface area contributed by atoms with Crippen molar-refractivity contribution < 1.29 is 23.1 Å². The Labute approximate surface area is 184 Å². The maximum Gasteiger partial charge on any atom is 0.407 e. The monoisotopic (exact) mass is 454 g/mol. The lowest BCUT2D eigenvalue weighted by Gasteiger charge is -2.22. The van der Waals surface area contributed by atoms with Gasteiger partial charge in [-0.15, -0.1) is 0 Å². The first kappa shape index (κ1) is 24.3. The Bertz CT molecular complexity index is 951. The predicted molar refractivity (Wildman–Crippen MR) is 115 cm³/mol. The lowest BCUT2D eigenvalue weighted by molar-refractivity contribution is 0.0507. The number of nitrogens with zero attached hydrogens (tertiary/aromatic N) is 1. The SMILES string of the molecule is CC(CCNc1c(Cl)cncc1C(=O)Nc1ccc(F)c(F)c1)NC(=O)OC(C)(C)C. The molecule has 2 aromatic rings. The smallest absolute Gasteiger partial charge is 0.407 e. The third kappa shape index (κ3) is 7.67. The summed E-state index contributed by atoms with van der Waals surface area (Å²) in [4.78, 5) is 28.4. The van der Waals surface area contributed by atoms with Gasteiger partial charge in [0, 0.05) is 36.7 Å². The topological polar surface area (TPSA) is 92.4 Å². The van der Waals surface area contributed by atoms with Crippen LogP contribution in [-0.2, 0) is 4.74 Å². The Morgan fingerprint density at radius 1 is 1.19 bits per heavy atom. The van der Waals surface area contributed by atoms with Crippen LogP contribution in [0.3, 0.4) is 0 Å². The fourth-order valence-electron chi connectivity index (χ4n) is 2.55. The molecule has 10 heteroatoms. The Kier molecular flexibility index (Phi) is 8.15. The van der Waals surface area contributed by atoms with Gasteiger partial charge in [0.05, 0.1) is 16.3 Å². The van der Waals surface area contributed by atoms with E-state index in [-0.39, 0.29) is 22.3 Å². The number of nitrogens with one attached hydrogen (secondary N) is 3. The number of anilines is 2. The van der Waals surface area contributed by atoms with Crippen molar-refractivity contribution in [1.82, 2.24) is 10.3 Å². The van der Waals surface area contributed by atoms with Crippen LogP contribution in [0.5, 0.6) is 0 Å². The van der Waals surface area contributed by atoms with Gasteiger partial charge in [0.2, 0.25) is 0 Å². The van der Waals surface area contributed by atoms with Gasteiger partial charge in [0.1, 0.15) is 5.60 Å². The fourth-order valence-corrected chi connectivity index (χ4v) is 2.78. The van der Waals surface area contributed by atoms with Gasteiger partial charge in [-0.05, 0) is 46.2 Å². The van der Waals surface area contributed by atoms with E-state index in [4.69, 9.17) is 16.3 Å². The molecule has 0 radical (unpaired) electrons. The van der Waals surface area contributed by atoms with Gasteiger partial charge in [-0.2, -0.15) is 0 Å². The second-order valence-electron chi connectivity index (χ2n) is 7.89. The van der Waals surface area contributed by atoms with Crippen LogP contribution in [0.25, 0.3) is 0 Å². The number of carbonyl (C=O) groups excluding carboxylic acids is 2. The summed E-state index contributed by atoms with van der Waals surface area (Å²) < 4.78 is 31.7. The first-order valence-electron chi connectivity index (χ1n) is 9.59. The highest BCUT2D eigenvalue weighted by Gasteiger charge is 2.19. The standard InChI is InChI=1S/C21H25ClF2N4O3/c1-12(27-20(30)31-21(2,3)4)7-8-26-18-14(10-25-11-15(18)22)19(29)28-13-5-6-16(23)17(24)9-13/h5-6,9-12H,7-8H2,1-4H3,(H,25,26)(H,27,30)(H,28,29). The molecule has 1 unspecified atom stereocenters. The third-order valence-corrected chi connectivity index (χ3v) is 4.25. The van der Waals surface area contributed by atoms with E-state index in [9.17, 15) is 18.4 Å². The number of ether oxygens (including phenoxy) is 1. The van der Waals surface area contributed by atoms with Crippen LogP contribution < -0.4 is 16.0 Å². The van der Waals surface area contributed by atoms with Gasteiger partial charge in [-0.1, -0.05) is 11.6 Å². The normalized spacial score (nSPS) is 12.1. The van der Waals surface area contributed by atoms with Gasteiger partial charge < -0.3 is 20.7 Å². The molecule has 1 heterocycles. The summed E-state index contributed by atoms with van der Waals surface area (Å²) in [5.41, 5.74) is -0.0429. The third-order valence-electron chi connectivity index (χ3n) is 3.96. The number of carbonyl (C=O) groups is 2. The van der Waals surface area contributed by atoms with Gasteiger partial charge in [0.15, 0.2) is 11.6 Å². The Morgan fingerprint density at radius 3 is 2.55 bits per heavy atom. The Balaban J connectivity index is 2.00. The second-order valence-corrected chi connectivity index (χ2v) is 8.30. The number of hydrogen-bond donors (Lipinski definition) is 3. The molecule has 1 atom stereocenters. The quantitative estimate of drug-likeness (QED) is 0.548. The van der Waals surface area contributed by atoms with E-state index in [0.717, 1.165) is 12.1 Å². The first-order chi connectivity index (χ1) is 14.5. The van der Waals surface area contributed by atoms with E-state index in [0.29, 0.717) is 18.7 Å². The van der Waals surface area contributed by atoms with E-state index in [1.54, 1.807) is 20.8 Å². The second kappa shape index (κ2) is 10.4. The molecule has 0 spiro atoms. The Morgan fingerprint density at radius 2 is 1.90 bits per heavy atom. The van der Waals surface area contributed by atoms with Crippen molar-refractivity contribution in [3.63, 3.8) is 0 Å². The number of halogens is 3. The molecule has 0 fully saturated rings. The number of benzene rings is 1. The van der Waals surface area contributed by atoms with Crippen molar-refractivity contribution in [1.29, 1.82) is 0 Å². The molecule has 0 aliphatic rings. The maximum atomic E-state index is 13.4. The molecule has 3 N–H and O–H groups in total. The summed E-state index contributed by atoms with van der Waals surface area (Å²) in [6.45, 7) is 7.52. The van der Waals surface area contributed by atoms with Gasteiger partial charge in [-0.3, -0.25) is 9.78 Å². The maximum absolute atomic E-state index is 13.4. The molecule has 0 bridgehead atoms. The van der Waals surface area contributed by atoms with E-state index < -0.39 is 29.2 Å². The van der Waals surface area contributed by atoms with Crippen molar-refractivity contribution in [2.45, 2.75) is 45.8 Å². The molecule has 2 amide bonds. The number of hydrogen-bond acceptors (Lipinski definition) is 5. The molecule has 1 aromatic carbocycles. The molecule has 31 heavy (non-hydrogen) atoms. The molecule has 168 valence electrons. The van der Waals surface area contributed by atoms with E-state index in [2.05, 4.69) is 20.9 Å². The molecule has 0 aliphatic carbocycles. The molecular weight excluding hydrogens is 430 g/mol. The van der Waals surface area contributed by atoms with Crippen LogP contribution in [0, 0.1) is 11.6 Å². The van der Waals surface area contributed by atoms with Crippen LogP contribution in [0.2, 0.25) is 5.02 Å². The average Bonchev–Trinajstić information content (AvgIpc) is 2.64. The van der Waals surface area contributed by atoms with Crippen molar-refractivity contribution >= 4 is 35.0 Å². The molecule has 7 nitrogen and oxygen atoms in total. The molecule has 0 saturated heterocycles. The minimum Gasteiger partial charge on any atom is -0.444 e. The summed E-state index contributed by atoms with van der Waals surface area (Å²) in [5, 5.41) is 8.48. The molecular formula is C21H25ClF2N4O3. The van der Waals surface area contributed by atoms with Gasteiger partial charge in [-0.25, -0.2) is 13.6 Å². The van der Waals surface area contributed by atoms with Crippen LogP contribution in [0.1, 0.15) is 44.5 Å². The lowest BCUT2D eigenvalue weighted by atomic mass is 10.2. The summed E-state index contributed by atoms with van der Waals surface area (Å²) in [6.07, 6.45) is 2.68. The number of pyridine rings is 1. The summed E-state index contributed by atoms with van der Waals surface area (Å²) in [6, 6.07) is 2.83. The molecule has 1 aromatic heterocycles. The minimum atomic E-state index is -1.08. The zero-order valence-electron chi connectivity index (χ0n) is 17.7. The molecule has 0 aliphatic heterocycles. The minimum absolute atomic E-state index is 0.0880. The number of amides is 2. The zero-order valence-corrected chi connectivity index (χ0v) is 18.4. The van der Waals surface area contributed by atoms with Gasteiger partial charge >= 0.3 is 6.09 Å². The summed E-state index contributed by atoms with van der Waals surface area (Å²) in [7, 11) is 0. The number of alkyl carbamates (subject to hydrolysis) is 1. The lowest BCUT2D eigenvalue weighted by Crippen LogP contribution is -2.38. The first-order valence-corrected chi connectivity index (χ1v) is 9.97. The highest BCUT2D eigenvalue weighted by atomic mass is 35.5. The van der Waals surface area contributed by atoms with E-state index in [1.807, 2.05) is 6.92 Å². The average molecular weight is 455 g/mol. The van der Waals surface area contributed by atoms with Crippen LogP contribution in [0.15, 0.2) is 30.6 Å². The predicted octanol–water partition coefficient (Wildman–Crippen LogP) is 4.98. The van der Waals surface area contributed by atoms with E-state index in [1.165, 1.54) is 18.5 Å². The Hall–Kier alpha value is -2.94. The summed E-state index contributed by atoms with van der Waals surface area (Å²) in [5.74, 6) is -2.69. The zero-order chi connectivity index (χ0) is 23.2. The van der Waals surface area contributed by atoms with Crippen molar-refractivity contribution in [2.24, 2.45) is 0 Å². The molecule has 2 rings (SSSR count). The number of rotatable bonds is 7. The van der Waals surface area contributed by atoms with E-state index >= 15 is 0 Å². The van der Waals surface area contributed by atoms with Crippen LogP contribution >= 0.6 is 11.6 Å². The molecule has 0 saturated carbocycles. The van der Waals surface area contributed by atoms with Crippen molar-refractivity contribution in [2.75, 3.05) is 17.2 Å². The largest absolute Gasteiger partial charge is 0.444 e. The highest BCUT2D eigenvalue weighted by molar-refractivity contribution is 6.34. The number of aromatic nitrogens is 1. The summed E-state index contributed by atoms with van der Waals surface area (Å²) >= 11 is 6.19. The van der Waals surface area contributed by atoms with Crippen LogP contribution in [-0.4, -0.2) is 35.2 Å². The van der Waals surface area contributed by atoms with Gasteiger partial charge in [0.25, 0.3) is 5.91 Å². The van der Waals surface area contributed by atoms with Crippen LogP contribution in [0.4, 0.5) is 25.0 Å². The fraction of sp³-hybridized carbons (Fsp3) is 0.381. The highest BCUT2D eigenvalue weighted by Crippen LogP contribution is 2.26.